The van der Waals surface area contributed by atoms with E-state index in [1.165, 1.54) is 5.56 Å². The van der Waals surface area contributed by atoms with Crippen molar-refractivity contribution in [2.75, 3.05) is 19.7 Å². The van der Waals surface area contributed by atoms with Gasteiger partial charge in [-0.2, -0.15) is 13.2 Å². The summed E-state index contributed by atoms with van der Waals surface area (Å²) in [7, 11) is 0. The first-order chi connectivity index (χ1) is 13.0. The number of rotatable bonds is 8. The Bertz CT molecular complexity index is 747. The first kappa shape index (κ1) is 23.7. The maximum absolute atomic E-state index is 10.6. The van der Waals surface area contributed by atoms with Crippen molar-refractivity contribution in [1.82, 2.24) is 10.3 Å². The number of hydrogen-bond donors (Lipinski definition) is 5. The van der Waals surface area contributed by atoms with Crippen LogP contribution in [0.3, 0.4) is 0 Å². The van der Waals surface area contributed by atoms with Gasteiger partial charge in [0.1, 0.15) is 18.5 Å². The molecule has 0 amide bonds. The minimum atomic E-state index is -5.08. The smallest absolute Gasteiger partial charge is 0.490 e. The van der Waals surface area contributed by atoms with Crippen LogP contribution >= 0.6 is 0 Å². The number of alkyl halides is 3. The number of benzene rings is 1. The van der Waals surface area contributed by atoms with Crippen LogP contribution in [-0.2, 0) is 11.2 Å². The summed E-state index contributed by atoms with van der Waals surface area (Å²) in [5, 5.41) is 21.3. The SMILES string of the molecule is CC(C)NCC(O)COc1ccc2[nH]cc(CCN)c2c1.O=C(O)C(F)(F)F. The number of carbonyl (C=O) groups is 1. The van der Waals surface area contributed by atoms with Gasteiger partial charge in [-0.25, -0.2) is 4.79 Å². The van der Waals surface area contributed by atoms with Crippen molar-refractivity contribution in [3.05, 3.63) is 30.0 Å². The van der Waals surface area contributed by atoms with Gasteiger partial charge in [-0.05, 0) is 36.7 Å². The van der Waals surface area contributed by atoms with E-state index in [1.807, 2.05) is 38.2 Å². The quantitative estimate of drug-likeness (QED) is 0.458. The number of ether oxygens (including phenoxy) is 1. The molecule has 0 saturated heterocycles. The number of halogens is 3. The van der Waals surface area contributed by atoms with E-state index < -0.39 is 18.2 Å². The van der Waals surface area contributed by atoms with E-state index in [9.17, 15) is 18.3 Å². The molecule has 0 aliphatic carbocycles. The first-order valence-corrected chi connectivity index (χ1v) is 8.69. The van der Waals surface area contributed by atoms with Crippen LogP contribution in [0.5, 0.6) is 5.75 Å². The molecule has 158 valence electrons. The molecular formula is C18H26F3N3O4. The van der Waals surface area contributed by atoms with Gasteiger partial charge in [0.25, 0.3) is 0 Å². The lowest BCUT2D eigenvalue weighted by Gasteiger charge is -2.15. The number of aliphatic hydroxyl groups excluding tert-OH is 1. The maximum Gasteiger partial charge on any atom is 0.490 e. The molecule has 0 radical (unpaired) electrons. The molecular weight excluding hydrogens is 379 g/mol. The molecule has 0 aliphatic rings. The molecule has 0 fully saturated rings. The van der Waals surface area contributed by atoms with Crippen LogP contribution in [0.1, 0.15) is 19.4 Å². The Kier molecular flexibility index (Phi) is 9.23. The molecule has 10 heteroatoms. The first-order valence-electron chi connectivity index (χ1n) is 8.69. The number of nitrogens with one attached hydrogen (secondary N) is 2. The van der Waals surface area contributed by atoms with Gasteiger partial charge in [0.15, 0.2) is 0 Å². The summed E-state index contributed by atoms with van der Waals surface area (Å²) in [5.41, 5.74) is 7.89. The van der Waals surface area contributed by atoms with Crippen molar-refractivity contribution in [2.45, 2.75) is 38.6 Å². The van der Waals surface area contributed by atoms with Gasteiger partial charge >= 0.3 is 12.1 Å². The van der Waals surface area contributed by atoms with Gasteiger partial charge in [0, 0.05) is 29.7 Å². The zero-order chi connectivity index (χ0) is 21.3. The number of aromatic amines is 1. The van der Waals surface area contributed by atoms with Gasteiger partial charge in [0.2, 0.25) is 0 Å². The maximum atomic E-state index is 10.6. The Labute approximate surface area is 160 Å². The van der Waals surface area contributed by atoms with E-state index in [1.54, 1.807) is 0 Å². The fourth-order valence-corrected chi connectivity index (χ4v) is 2.23. The molecule has 1 atom stereocenters. The van der Waals surface area contributed by atoms with Crippen LogP contribution in [0, 0.1) is 0 Å². The predicted molar refractivity (Wildman–Crippen MR) is 99.4 cm³/mol. The monoisotopic (exact) mass is 405 g/mol. The average Bonchev–Trinajstić information content (AvgIpc) is 3.00. The second kappa shape index (κ2) is 10.9. The molecule has 7 nitrogen and oxygen atoms in total. The highest BCUT2D eigenvalue weighted by Crippen LogP contribution is 2.24. The van der Waals surface area contributed by atoms with Crippen molar-refractivity contribution in [1.29, 1.82) is 0 Å². The Hall–Kier alpha value is -2.30. The van der Waals surface area contributed by atoms with Crippen LogP contribution in [0.15, 0.2) is 24.4 Å². The number of carboxylic acids is 1. The lowest BCUT2D eigenvalue weighted by atomic mass is 10.1. The highest BCUT2D eigenvalue weighted by Gasteiger charge is 2.38. The molecule has 2 aromatic rings. The van der Waals surface area contributed by atoms with E-state index in [0.717, 1.165) is 23.1 Å². The molecule has 1 unspecified atom stereocenters. The number of aliphatic carboxylic acids is 1. The molecule has 1 heterocycles. The highest BCUT2D eigenvalue weighted by molar-refractivity contribution is 5.84. The lowest BCUT2D eigenvalue weighted by molar-refractivity contribution is -0.192. The second-order valence-electron chi connectivity index (χ2n) is 6.39. The van der Waals surface area contributed by atoms with E-state index in [4.69, 9.17) is 20.4 Å². The number of aliphatic hydroxyl groups is 1. The largest absolute Gasteiger partial charge is 0.491 e. The van der Waals surface area contributed by atoms with E-state index in [2.05, 4.69) is 10.3 Å². The topological polar surface area (TPSA) is 121 Å². The molecule has 0 spiro atoms. The molecule has 2 rings (SSSR count). The fraction of sp³-hybridized carbons (Fsp3) is 0.500. The van der Waals surface area contributed by atoms with Gasteiger partial charge in [-0.15, -0.1) is 0 Å². The fourth-order valence-electron chi connectivity index (χ4n) is 2.23. The van der Waals surface area contributed by atoms with Gasteiger partial charge < -0.3 is 31.0 Å². The third-order valence-electron chi connectivity index (χ3n) is 3.60. The standard InChI is InChI=1S/C16H25N3O2.C2HF3O2/c1-11(2)18-9-13(20)10-21-14-3-4-16-15(7-14)12(5-6-17)8-19-16;3-2(4,5)1(6)7/h3-4,7-8,11,13,18-20H,5-6,9-10,17H2,1-2H3;(H,6,7). The highest BCUT2D eigenvalue weighted by atomic mass is 19.4. The Balaban J connectivity index is 0.000000480. The van der Waals surface area contributed by atoms with Crippen LogP contribution in [-0.4, -0.2) is 59.2 Å². The number of H-pyrrole nitrogens is 1. The molecule has 0 aliphatic heterocycles. The van der Waals surface area contributed by atoms with E-state index >= 15 is 0 Å². The summed E-state index contributed by atoms with van der Waals surface area (Å²) in [5.74, 6) is -1.99. The summed E-state index contributed by atoms with van der Waals surface area (Å²) >= 11 is 0. The Morgan fingerprint density at radius 3 is 2.54 bits per heavy atom. The van der Waals surface area contributed by atoms with Crippen molar-refractivity contribution in [2.24, 2.45) is 5.73 Å². The van der Waals surface area contributed by atoms with Crippen molar-refractivity contribution < 1.29 is 32.9 Å². The molecule has 1 aromatic heterocycles. The molecule has 28 heavy (non-hydrogen) atoms. The number of carboxylic acid groups (broad SMARTS) is 1. The summed E-state index contributed by atoms with van der Waals surface area (Å²) in [6.07, 6.45) is -2.77. The predicted octanol–water partition coefficient (Wildman–Crippen LogP) is 2.04. The van der Waals surface area contributed by atoms with Gasteiger partial charge in [0.05, 0.1) is 0 Å². The minimum absolute atomic E-state index is 0.280. The Morgan fingerprint density at radius 1 is 1.36 bits per heavy atom. The molecule has 0 saturated carbocycles. The summed E-state index contributed by atoms with van der Waals surface area (Å²) < 4.78 is 37.4. The lowest BCUT2D eigenvalue weighted by Crippen LogP contribution is -2.35. The van der Waals surface area contributed by atoms with Crippen LogP contribution in [0.2, 0.25) is 0 Å². The number of nitrogens with two attached hydrogens (primary N) is 1. The van der Waals surface area contributed by atoms with Crippen LogP contribution < -0.4 is 15.8 Å². The zero-order valence-corrected chi connectivity index (χ0v) is 15.7. The minimum Gasteiger partial charge on any atom is -0.491 e. The zero-order valence-electron chi connectivity index (χ0n) is 15.7. The van der Waals surface area contributed by atoms with Gasteiger partial charge in [-0.3, -0.25) is 0 Å². The second-order valence-corrected chi connectivity index (χ2v) is 6.39. The average molecular weight is 405 g/mol. The number of hydrogen-bond acceptors (Lipinski definition) is 5. The van der Waals surface area contributed by atoms with Crippen LogP contribution in [0.4, 0.5) is 13.2 Å². The summed E-state index contributed by atoms with van der Waals surface area (Å²) in [4.78, 5) is 12.1. The van der Waals surface area contributed by atoms with Crippen molar-refractivity contribution in [3.63, 3.8) is 0 Å². The van der Waals surface area contributed by atoms with Crippen molar-refractivity contribution in [3.8, 4) is 5.75 Å². The third-order valence-corrected chi connectivity index (χ3v) is 3.60. The molecule has 0 bridgehead atoms. The number of fused-ring (bicyclic) bond motifs is 1. The van der Waals surface area contributed by atoms with Crippen LogP contribution in [0.25, 0.3) is 10.9 Å². The normalized spacial score (nSPS) is 12.6. The Morgan fingerprint density at radius 2 is 2.00 bits per heavy atom. The third kappa shape index (κ3) is 8.15. The van der Waals surface area contributed by atoms with E-state index in [-0.39, 0.29) is 6.61 Å². The van der Waals surface area contributed by atoms with Crippen molar-refractivity contribution >= 4 is 16.9 Å². The summed E-state index contributed by atoms with van der Waals surface area (Å²) in [6, 6.07) is 6.26. The van der Waals surface area contributed by atoms with Gasteiger partial charge in [-0.1, -0.05) is 13.8 Å². The van der Waals surface area contributed by atoms with E-state index in [0.29, 0.717) is 19.1 Å². The summed E-state index contributed by atoms with van der Waals surface area (Å²) in [6.45, 7) is 5.53. The molecule has 1 aromatic carbocycles. The number of aromatic nitrogens is 1. The molecule has 6 N–H and O–H groups in total.